The van der Waals surface area contributed by atoms with Gasteiger partial charge in [0.2, 0.25) is 0 Å². The predicted molar refractivity (Wildman–Crippen MR) is 81.2 cm³/mol. The van der Waals surface area contributed by atoms with Gasteiger partial charge in [0.1, 0.15) is 5.75 Å². The SMILES string of the molecule is CN1CC(c2c[nH]c3nnc(-c4ccccc4O)cc23)C1. The molecule has 0 amide bonds. The topological polar surface area (TPSA) is 65.0 Å². The molecular formula is C16H16N4O. The van der Waals surface area contributed by atoms with Gasteiger partial charge in [-0.25, -0.2) is 0 Å². The molecule has 0 saturated carbocycles. The van der Waals surface area contributed by atoms with E-state index in [-0.39, 0.29) is 5.75 Å². The van der Waals surface area contributed by atoms with E-state index in [0.717, 1.165) is 24.1 Å². The number of likely N-dealkylation sites (tertiary alicyclic amines) is 1. The lowest BCUT2D eigenvalue weighted by Gasteiger charge is -2.36. The van der Waals surface area contributed by atoms with E-state index >= 15 is 0 Å². The molecule has 1 aliphatic rings. The minimum atomic E-state index is 0.228. The smallest absolute Gasteiger partial charge is 0.160 e. The van der Waals surface area contributed by atoms with E-state index in [1.807, 2.05) is 24.4 Å². The van der Waals surface area contributed by atoms with E-state index in [2.05, 4.69) is 27.1 Å². The quantitative estimate of drug-likeness (QED) is 0.756. The van der Waals surface area contributed by atoms with E-state index in [1.165, 1.54) is 5.56 Å². The fourth-order valence-electron chi connectivity index (χ4n) is 3.00. The molecule has 0 radical (unpaired) electrons. The summed E-state index contributed by atoms with van der Waals surface area (Å²) < 4.78 is 0. The lowest BCUT2D eigenvalue weighted by atomic mass is 9.92. The van der Waals surface area contributed by atoms with Gasteiger partial charge in [-0.15, -0.1) is 10.2 Å². The van der Waals surface area contributed by atoms with Crippen LogP contribution in [0.4, 0.5) is 0 Å². The number of aromatic nitrogens is 3. The van der Waals surface area contributed by atoms with Crippen LogP contribution in [0.2, 0.25) is 0 Å². The molecule has 1 fully saturated rings. The Labute approximate surface area is 122 Å². The van der Waals surface area contributed by atoms with Crippen molar-refractivity contribution in [1.29, 1.82) is 0 Å². The number of benzene rings is 1. The van der Waals surface area contributed by atoms with Crippen LogP contribution < -0.4 is 0 Å². The molecule has 3 heterocycles. The number of aromatic hydroxyl groups is 1. The van der Waals surface area contributed by atoms with Gasteiger partial charge in [-0.05, 0) is 30.8 Å². The molecule has 0 atom stereocenters. The van der Waals surface area contributed by atoms with E-state index in [4.69, 9.17) is 0 Å². The van der Waals surface area contributed by atoms with E-state index in [0.29, 0.717) is 17.2 Å². The minimum Gasteiger partial charge on any atom is -0.507 e. The van der Waals surface area contributed by atoms with Crippen molar-refractivity contribution in [2.24, 2.45) is 0 Å². The van der Waals surface area contributed by atoms with Crippen LogP contribution in [0.5, 0.6) is 5.75 Å². The normalized spacial score (nSPS) is 16.2. The lowest BCUT2D eigenvalue weighted by Crippen LogP contribution is -2.41. The van der Waals surface area contributed by atoms with Gasteiger partial charge in [0, 0.05) is 36.2 Å². The van der Waals surface area contributed by atoms with Crippen LogP contribution in [-0.4, -0.2) is 45.3 Å². The van der Waals surface area contributed by atoms with Crippen LogP contribution in [0.15, 0.2) is 36.5 Å². The van der Waals surface area contributed by atoms with Crippen LogP contribution in [-0.2, 0) is 0 Å². The first-order chi connectivity index (χ1) is 10.2. The summed E-state index contributed by atoms with van der Waals surface area (Å²) in [7, 11) is 2.12. The highest BCUT2D eigenvalue weighted by molar-refractivity contribution is 5.84. The van der Waals surface area contributed by atoms with Crippen LogP contribution in [0.3, 0.4) is 0 Å². The van der Waals surface area contributed by atoms with Crippen molar-refractivity contribution in [3.05, 3.63) is 42.1 Å². The number of phenols is 1. The summed E-state index contributed by atoms with van der Waals surface area (Å²) in [5.74, 6) is 0.775. The van der Waals surface area contributed by atoms with Crippen LogP contribution in [0, 0.1) is 0 Å². The molecule has 0 unspecified atom stereocenters. The van der Waals surface area contributed by atoms with Crippen LogP contribution in [0.25, 0.3) is 22.3 Å². The molecular weight excluding hydrogens is 264 g/mol. The number of fused-ring (bicyclic) bond motifs is 1. The monoisotopic (exact) mass is 280 g/mol. The minimum absolute atomic E-state index is 0.228. The molecule has 0 bridgehead atoms. The molecule has 3 aromatic rings. The predicted octanol–water partition coefficient (Wildman–Crippen LogP) is 2.36. The van der Waals surface area contributed by atoms with Gasteiger partial charge < -0.3 is 15.0 Å². The third-order valence-electron chi connectivity index (χ3n) is 4.15. The summed E-state index contributed by atoms with van der Waals surface area (Å²) in [6, 6.07) is 9.23. The second-order valence-electron chi connectivity index (χ2n) is 5.67. The third kappa shape index (κ3) is 1.97. The van der Waals surface area contributed by atoms with Gasteiger partial charge in [-0.2, -0.15) is 0 Å². The van der Waals surface area contributed by atoms with Gasteiger partial charge in [0.25, 0.3) is 0 Å². The summed E-state index contributed by atoms with van der Waals surface area (Å²) in [5, 5.41) is 19.5. The number of rotatable bonds is 2. The molecule has 1 aliphatic heterocycles. The zero-order valence-corrected chi connectivity index (χ0v) is 11.7. The van der Waals surface area contributed by atoms with Crippen molar-refractivity contribution in [3.63, 3.8) is 0 Å². The van der Waals surface area contributed by atoms with Gasteiger partial charge >= 0.3 is 0 Å². The Kier molecular flexibility index (Phi) is 2.68. The highest BCUT2D eigenvalue weighted by atomic mass is 16.3. The number of hydrogen-bond donors (Lipinski definition) is 2. The molecule has 106 valence electrons. The van der Waals surface area contributed by atoms with Gasteiger partial charge in [0.05, 0.1) is 5.69 Å². The molecule has 21 heavy (non-hydrogen) atoms. The Balaban J connectivity index is 1.82. The molecule has 4 rings (SSSR count). The van der Waals surface area contributed by atoms with Gasteiger partial charge in [0.15, 0.2) is 5.65 Å². The first-order valence-corrected chi connectivity index (χ1v) is 7.04. The maximum absolute atomic E-state index is 9.97. The van der Waals surface area contributed by atoms with Crippen molar-refractivity contribution < 1.29 is 5.11 Å². The summed E-state index contributed by atoms with van der Waals surface area (Å²) in [4.78, 5) is 5.48. The Hall–Kier alpha value is -2.40. The zero-order chi connectivity index (χ0) is 14.4. The maximum Gasteiger partial charge on any atom is 0.160 e. The number of phenolic OH excluding ortho intramolecular Hbond substituents is 1. The summed E-state index contributed by atoms with van der Waals surface area (Å²) >= 11 is 0. The van der Waals surface area contributed by atoms with Crippen LogP contribution in [0.1, 0.15) is 11.5 Å². The van der Waals surface area contributed by atoms with Gasteiger partial charge in [-0.3, -0.25) is 0 Å². The summed E-state index contributed by atoms with van der Waals surface area (Å²) in [5.41, 5.74) is 3.51. The van der Waals surface area contributed by atoms with E-state index < -0.39 is 0 Å². The number of nitrogens with one attached hydrogen (secondary N) is 1. The average Bonchev–Trinajstić information content (AvgIpc) is 2.87. The number of H-pyrrole nitrogens is 1. The molecule has 1 saturated heterocycles. The number of aromatic amines is 1. The van der Waals surface area contributed by atoms with Gasteiger partial charge in [-0.1, -0.05) is 12.1 Å². The molecule has 2 N–H and O–H groups in total. The summed E-state index contributed by atoms with van der Waals surface area (Å²) in [6.45, 7) is 2.14. The van der Waals surface area contributed by atoms with Crippen molar-refractivity contribution in [2.45, 2.75) is 5.92 Å². The number of nitrogens with zero attached hydrogens (tertiary/aromatic N) is 3. The van der Waals surface area contributed by atoms with E-state index in [9.17, 15) is 5.11 Å². The van der Waals surface area contributed by atoms with Crippen LogP contribution >= 0.6 is 0 Å². The second-order valence-corrected chi connectivity index (χ2v) is 5.67. The Morgan fingerprint density at radius 3 is 2.81 bits per heavy atom. The van der Waals surface area contributed by atoms with Crippen molar-refractivity contribution in [3.8, 4) is 17.0 Å². The number of hydrogen-bond acceptors (Lipinski definition) is 4. The fraction of sp³-hybridized carbons (Fsp3) is 0.250. The first-order valence-electron chi connectivity index (χ1n) is 7.04. The van der Waals surface area contributed by atoms with E-state index in [1.54, 1.807) is 12.1 Å². The Morgan fingerprint density at radius 1 is 1.24 bits per heavy atom. The molecule has 5 nitrogen and oxygen atoms in total. The first kappa shape index (κ1) is 12.3. The highest BCUT2D eigenvalue weighted by Crippen LogP contribution is 2.33. The molecule has 0 spiro atoms. The lowest BCUT2D eigenvalue weighted by molar-refractivity contribution is 0.190. The average molecular weight is 280 g/mol. The molecule has 1 aromatic carbocycles. The number of para-hydroxylation sites is 1. The largest absolute Gasteiger partial charge is 0.507 e. The Morgan fingerprint density at radius 2 is 2.05 bits per heavy atom. The fourth-order valence-corrected chi connectivity index (χ4v) is 3.00. The van der Waals surface area contributed by atoms with Crippen molar-refractivity contribution >= 4 is 11.0 Å². The standard InChI is InChI=1S/C16H16N4O/c1-20-8-10(9-20)13-7-17-16-12(13)6-14(18-19-16)11-4-2-3-5-15(11)21/h2-7,10,21H,8-9H2,1H3,(H,17,19). The van der Waals surface area contributed by atoms with Crippen molar-refractivity contribution in [2.75, 3.05) is 20.1 Å². The number of likely N-dealkylation sites (N-methyl/N-ethyl adjacent to an activating group) is 1. The summed E-state index contributed by atoms with van der Waals surface area (Å²) in [6.07, 6.45) is 2.03. The highest BCUT2D eigenvalue weighted by Gasteiger charge is 2.27. The third-order valence-corrected chi connectivity index (χ3v) is 4.15. The molecule has 2 aromatic heterocycles. The molecule has 0 aliphatic carbocycles. The molecule has 5 heteroatoms. The van der Waals surface area contributed by atoms with Crippen molar-refractivity contribution in [1.82, 2.24) is 20.1 Å². The Bertz CT molecular complexity index is 805. The zero-order valence-electron chi connectivity index (χ0n) is 11.7. The second kappa shape index (κ2) is 4.56. The maximum atomic E-state index is 9.97.